The number of imidazole rings is 1. The van der Waals surface area contributed by atoms with Crippen LogP contribution in [0.3, 0.4) is 0 Å². The second-order valence-corrected chi connectivity index (χ2v) is 4.19. The standard InChI is InChI=1S/C13H13N5O2/c14-13-17-11-10(15-7-16-11)12(18-13)20-9(6-19)8-4-2-1-3-5-8/h1-5,7,9,19H,6H2,(H3,14,15,16,17,18). The number of fused-ring (bicyclic) bond motifs is 1. The summed E-state index contributed by atoms with van der Waals surface area (Å²) in [4.78, 5) is 14.9. The van der Waals surface area contributed by atoms with Crippen molar-refractivity contribution in [3.63, 3.8) is 0 Å². The highest BCUT2D eigenvalue weighted by Crippen LogP contribution is 2.25. The van der Waals surface area contributed by atoms with Gasteiger partial charge in [-0.2, -0.15) is 9.97 Å². The van der Waals surface area contributed by atoms with Crippen molar-refractivity contribution >= 4 is 17.1 Å². The third-order valence-electron chi connectivity index (χ3n) is 2.86. The number of ether oxygens (including phenoxy) is 1. The molecular formula is C13H13N5O2. The van der Waals surface area contributed by atoms with Gasteiger partial charge in [-0.3, -0.25) is 0 Å². The Morgan fingerprint density at radius 2 is 2.05 bits per heavy atom. The molecule has 1 atom stereocenters. The van der Waals surface area contributed by atoms with E-state index in [1.165, 1.54) is 6.33 Å². The van der Waals surface area contributed by atoms with Gasteiger partial charge in [0.15, 0.2) is 5.65 Å². The zero-order valence-electron chi connectivity index (χ0n) is 10.5. The Morgan fingerprint density at radius 3 is 2.80 bits per heavy atom. The number of H-pyrrole nitrogens is 1. The van der Waals surface area contributed by atoms with Crippen LogP contribution in [0.15, 0.2) is 36.7 Å². The lowest BCUT2D eigenvalue weighted by Gasteiger charge is -2.16. The lowest BCUT2D eigenvalue weighted by atomic mass is 10.1. The predicted octanol–water partition coefficient (Wildman–Crippen LogP) is 1.05. The number of benzene rings is 1. The summed E-state index contributed by atoms with van der Waals surface area (Å²) >= 11 is 0. The quantitative estimate of drug-likeness (QED) is 0.654. The lowest BCUT2D eigenvalue weighted by Crippen LogP contribution is -2.13. The van der Waals surface area contributed by atoms with Crippen molar-refractivity contribution in [1.82, 2.24) is 19.9 Å². The van der Waals surface area contributed by atoms with Crippen LogP contribution in [0, 0.1) is 0 Å². The molecule has 3 rings (SSSR count). The molecule has 0 aliphatic heterocycles. The van der Waals surface area contributed by atoms with Gasteiger partial charge in [0.2, 0.25) is 11.8 Å². The van der Waals surface area contributed by atoms with Crippen LogP contribution in [0.25, 0.3) is 11.2 Å². The fourth-order valence-electron chi connectivity index (χ4n) is 1.92. The number of aromatic amines is 1. The minimum absolute atomic E-state index is 0.0735. The molecule has 1 aromatic carbocycles. The molecule has 0 aliphatic carbocycles. The smallest absolute Gasteiger partial charge is 0.245 e. The molecule has 0 amide bonds. The molecule has 4 N–H and O–H groups in total. The average molecular weight is 271 g/mol. The number of nitrogen functional groups attached to an aromatic ring is 1. The Kier molecular flexibility index (Phi) is 3.18. The van der Waals surface area contributed by atoms with E-state index in [1.807, 2.05) is 30.3 Å². The van der Waals surface area contributed by atoms with Crippen LogP contribution in [-0.4, -0.2) is 31.6 Å². The molecule has 2 aromatic heterocycles. The van der Waals surface area contributed by atoms with Crippen molar-refractivity contribution in [2.75, 3.05) is 12.3 Å². The van der Waals surface area contributed by atoms with Gasteiger partial charge in [-0.15, -0.1) is 0 Å². The van der Waals surface area contributed by atoms with Gasteiger partial charge in [0.25, 0.3) is 0 Å². The zero-order valence-corrected chi connectivity index (χ0v) is 10.5. The third kappa shape index (κ3) is 2.26. The number of aromatic nitrogens is 4. The Labute approximate surface area is 114 Å². The molecule has 0 fully saturated rings. The Hall–Kier alpha value is -2.67. The van der Waals surface area contributed by atoms with Crippen LogP contribution >= 0.6 is 0 Å². The fraction of sp³-hybridized carbons (Fsp3) is 0.154. The van der Waals surface area contributed by atoms with Gasteiger partial charge in [-0.05, 0) is 5.56 Å². The lowest BCUT2D eigenvalue weighted by molar-refractivity contribution is 0.113. The first-order valence-electron chi connectivity index (χ1n) is 6.07. The Bertz CT molecular complexity index is 713. The van der Waals surface area contributed by atoms with Crippen LogP contribution in [-0.2, 0) is 0 Å². The molecule has 1 unspecified atom stereocenters. The number of aliphatic hydroxyl groups excluding tert-OH is 1. The normalized spacial score (nSPS) is 12.4. The van der Waals surface area contributed by atoms with Gasteiger partial charge >= 0.3 is 0 Å². The van der Waals surface area contributed by atoms with E-state index < -0.39 is 6.10 Å². The first-order chi connectivity index (χ1) is 9.78. The molecule has 2 heterocycles. The third-order valence-corrected chi connectivity index (χ3v) is 2.86. The molecule has 0 aliphatic rings. The molecule has 0 saturated heterocycles. The van der Waals surface area contributed by atoms with Crippen LogP contribution in [0.2, 0.25) is 0 Å². The zero-order chi connectivity index (χ0) is 13.9. The van der Waals surface area contributed by atoms with Gasteiger partial charge in [-0.25, -0.2) is 4.98 Å². The summed E-state index contributed by atoms with van der Waals surface area (Å²) in [7, 11) is 0. The molecule has 7 nitrogen and oxygen atoms in total. The Morgan fingerprint density at radius 1 is 1.25 bits per heavy atom. The van der Waals surface area contributed by atoms with Gasteiger partial charge in [0.05, 0.1) is 12.9 Å². The highest BCUT2D eigenvalue weighted by molar-refractivity contribution is 5.76. The minimum Gasteiger partial charge on any atom is -0.465 e. The van der Waals surface area contributed by atoms with Gasteiger partial charge in [-0.1, -0.05) is 30.3 Å². The molecular weight excluding hydrogens is 258 g/mol. The van der Waals surface area contributed by atoms with Crippen molar-refractivity contribution in [2.45, 2.75) is 6.10 Å². The van der Waals surface area contributed by atoms with Crippen molar-refractivity contribution < 1.29 is 9.84 Å². The number of aliphatic hydroxyl groups is 1. The summed E-state index contributed by atoms with van der Waals surface area (Å²) in [6.45, 7) is -0.177. The summed E-state index contributed by atoms with van der Waals surface area (Å²) in [6.07, 6.45) is 0.958. The summed E-state index contributed by atoms with van der Waals surface area (Å²) in [5.41, 5.74) is 7.45. The largest absolute Gasteiger partial charge is 0.465 e. The van der Waals surface area contributed by atoms with Crippen molar-refractivity contribution in [3.8, 4) is 5.88 Å². The maximum absolute atomic E-state index is 9.51. The van der Waals surface area contributed by atoms with Gasteiger partial charge < -0.3 is 20.6 Å². The van der Waals surface area contributed by atoms with E-state index in [1.54, 1.807) is 0 Å². The minimum atomic E-state index is -0.531. The van der Waals surface area contributed by atoms with E-state index in [9.17, 15) is 5.11 Å². The predicted molar refractivity (Wildman–Crippen MR) is 73.0 cm³/mol. The van der Waals surface area contributed by atoms with Crippen LogP contribution < -0.4 is 10.5 Å². The number of hydrogen-bond acceptors (Lipinski definition) is 6. The van der Waals surface area contributed by atoms with Gasteiger partial charge in [0.1, 0.15) is 11.6 Å². The van der Waals surface area contributed by atoms with E-state index in [4.69, 9.17) is 10.5 Å². The van der Waals surface area contributed by atoms with E-state index in [0.29, 0.717) is 11.2 Å². The van der Waals surface area contributed by atoms with E-state index in [0.717, 1.165) is 5.56 Å². The Balaban J connectivity index is 1.97. The monoisotopic (exact) mass is 271 g/mol. The second-order valence-electron chi connectivity index (χ2n) is 4.19. The molecule has 3 aromatic rings. The summed E-state index contributed by atoms with van der Waals surface area (Å²) < 4.78 is 5.75. The molecule has 102 valence electrons. The highest BCUT2D eigenvalue weighted by Gasteiger charge is 2.17. The van der Waals surface area contributed by atoms with Crippen molar-refractivity contribution in [2.24, 2.45) is 0 Å². The first-order valence-corrected chi connectivity index (χ1v) is 6.07. The summed E-state index contributed by atoms with van der Waals surface area (Å²) in [5, 5.41) is 9.51. The SMILES string of the molecule is Nc1nc(OC(CO)c2ccccc2)c2[nH]cnc2n1. The maximum Gasteiger partial charge on any atom is 0.245 e. The average Bonchev–Trinajstić information content (AvgIpc) is 2.93. The van der Waals surface area contributed by atoms with E-state index in [-0.39, 0.29) is 18.4 Å². The van der Waals surface area contributed by atoms with Crippen molar-refractivity contribution in [3.05, 3.63) is 42.2 Å². The van der Waals surface area contributed by atoms with Crippen molar-refractivity contribution in [1.29, 1.82) is 0 Å². The second kappa shape index (κ2) is 5.14. The molecule has 0 spiro atoms. The van der Waals surface area contributed by atoms with E-state index in [2.05, 4.69) is 19.9 Å². The number of rotatable bonds is 4. The maximum atomic E-state index is 9.51. The van der Waals surface area contributed by atoms with Crippen LogP contribution in [0.5, 0.6) is 5.88 Å². The number of anilines is 1. The molecule has 0 saturated carbocycles. The molecule has 0 radical (unpaired) electrons. The summed E-state index contributed by atoms with van der Waals surface area (Å²) in [5.74, 6) is 0.345. The fourth-order valence-corrected chi connectivity index (χ4v) is 1.92. The van der Waals surface area contributed by atoms with Gasteiger partial charge in [0, 0.05) is 0 Å². The molecule has 20 heavy (non-hydrogen) atoms. The molecule has 0 bridgehead atoms. The highest BCUT2D eigenvalue weighted by atomic mass is 16.5. The number of hydrogen-bond donors (Lipinski definition) is 3. The van der Waals surface area contributed by atoms with Crippen LogP contribution in [0.4, 0.5) is 5.95 Å². The first kappa shape index (κ1) is 12.4. The topological polar surface area (TPSA) is 110 Å². The summed E-state index contributed by atoms with van der Waals surface area (Å²) in [6, 6.07) is 9.39. The number of nitrogens with two attached hydrogens (primary N) is 1. The number of nitrogens with zero attached hydrogens (tertiary/aromatic N) is 3. The van der Waals surface area contributed by atoms with Crippen LogP contribution in [0.1, 0.15) is 11.7 Å². The molecule has 7 heteroatoms. The van der Waals surface area contributed by atoms with E-state index >= 15 is 0 Å². The number of nitrogens with one attached hydrogen (secondary N) is 1.